The molecule has 0 aliphatic heterocycles. The molecule has 5 heteroatoms. The minimum absolute atomic E-state index is 0.176. The van der Waals surface area contributed by atoms with Crippen molar-refractivity contribution in [3.8, 4) is 0 Å². The van der Waals surface area contributed by atoms with Crippen molar-refractivity contribution < 1.29 is 14.6 Å². The molecular weight excluding hydrogens is 310 g/mol. The Kier molecular flexibility index (Phi) is 4.65. The molecule has 0 fully saturated rings. The topological polar surface area (TPSA) is 59.4 Å². The lowest BCUT2D eigenvalue weighted by Crippen LogP contribution is -2.00. The molecule has 0 saturated heterocycles. The maximum atomic E-state index is 10.7. The van der Waals surface area contributed by atoms with Crippen molar-refractivity contribution in [1.82, 2.24) is 4.98 Å². The zero-order chi connectivity index (χ0) is 13.7. The second-order valence-electron chi connectivity index (χ2n) is 3.93. The highest BCUT2D eigenvalue weighted by atomic mass is 79.9. The van der Waals surface area contributed by atoms with Gasteiger partial charge in [-0.3, -0.25) is 4.98 Å². The number of hydrogen-bond donors (Lipinski definition) is 1. The SMILES string of the molecule is O=C(O)c1ccc(COCc2ccccc2Br)nc1. The number of benzene rings is 1. The smallest absolute Gasteiger partial charge is 0.337 e. The average molecular weight is 322 g/mol. The van der Waals surface area contributed by atoms with Crippen molar-refractivity contribution >= 4 is 21.9 Å². The summed E-state index contributed by atoms with van der Waals surface area (Å²) >= 11 is 3.45. The van der Waals surface area contributed by atoms with Gasteiger partial charge in [0.05, 0.1) is 24.5 Å². The van der Waals surface area contributed by atoms with E-state index < -0.39 is 5.97 Å². The lowest BCUT2D eigenvalue weighted by molar-refractivity contribution is 0.0696. The van der Waals surface area contributed by atoms with Gasteiger partial charge in [0, 0.05) is 10.7 Å². The fraction of sp³-hybridized carbons (Fsp3) is 0.143. The summed E-state index contributed by atoms with van der Waals surface area (Å²) in [6.45, 7) is 0.824. The Balaban J connectivity index is 1.89. The minimum atomic E-state index is -0.979. The molecule has 4 nitrogen and oxygen atoms in total. The molecule has 2 aromatic rings. The second kappa shape index (κ2) is 6.45. The highest BCUT2D eigenvalue weighted by Gasteiger charge is 2.03. The van der Waals surface area contributed by atoms with Gasteiger partial charge in [-0.2, -0.15) is 0 Å². The number of ether oxygens (including phenoxy) is 1. The molecule has 1 aromatic carbocycles. The molecule has 19 heavy (non-hydrogen) atoms. The first kappa shape index (κ1) is 13.7. The minimum Gasteiger partial charge on any atom is -0.478 e. The van der Waals surface area contributed by atoms with Crippen LogP contribution in [0.2, 0.25) is 0 Å². The van der Waals surface area contributed by atoms with Gasteiger partial charge in [0.25, 0.3) is 0 Å². The fourth-order valence-corrected chi connectivity index (χ4v) is 1.92. The number of rotatable bonds is 5. The van der Waals surface area contributed by atoms with Gasteiger partial charge in [0.15, 0.2) is 0 Å². The van der Waals surface area contributed by atoms with Crippen molar-refractivity contribution in [2.24, 2.45) is 0 Å². The van der Waals surface area contributed by atoms with E-state index in [2.05, 4.69) is 20.9 Å². The van der Waals surface area contributed by atoms with E-state index in [9.17, 15) is 4.79 Å². The van der Waals surface area contributed by atoms with Crippen LogP contribution in [0.3, 0.4) is 0 Å². The number of halogens is 1. The van der Waals surface area contributed by atoms with Gasteiger partial charge in [-0.05, 0) is 23.8 Å². The van der Waals surface area contributed by atoms with Gasteiger partial charge in [-0.25, -0.2) is 4.79 Å². The third-order valence-corrected chi connectivity index (χ3v) is 3.31. The van der Waals surface area contributed by atoms with Crippen LogP contribution >= 0.6 is 15.9 Å². The molecular formula is C14H12BrNO3. The zero-order valence-corrected chi connectivity index (χ0v) is 11.6. The number of aromatic nitrogens is 1. The van der Waals surface area contributed by atoms with E-state index in [0.29, 0.717) is 18.9 Å². The van der Waals surface area contributed by atoms with Crippen LogP contribution in [0.1, 0.15) is 21.6 Å². The maximum absolute atomic E-state index is 10.7. The van der Waals surface area contributed by atoms with Gasteiger partial charge in [-0.15, -0.1) is 0 Å². The number of carboxylic acid groups (broad SMARTS) is 1. The normalized spacial score (nSPS) is 10.4. The summed E-state index contributed by atoms with van der Waals surface area (Å²) in [6.07, 6.45) is 1.33. The molecule has 0 radical (unpaired) electrons. The predicted octanol–water partition coefficient (Wildman–Crippen LogP) is 3.26. The summed E-state index contributed by atoms with van der Waals surface area (Å²) in [7, 11) is 0. The first-order valence-corrected chi connectivity index (χ1v) is 6.45. The Morgan fingerprint density at radius 3 is 2.63 bits per heavy atom. The van der Waals surface area contributed by atoms with Crippen molar-refractivity contribution in [2.75, 3.05) is 0 Å². The van der Waals surface area contributed by atoms with Gasteiger partial charge in [0.2, 0.25) is 0 Å². The highest BCUT2D eigenvalue weighted by molar-refractivity contribution is 9.10. The lowest BCUT2D eigenvalue weighted by Gasteiger charge is -2.06. The molecule has 1 N–H and O–H groups in total. The Morgan fingerprint density at radius 1 is 1.21 bits per heavy atom. The van der Waals surface area contributed by atoms with Crippen molar-refractivity contribution in [3.63, 3.8) is 0 Å². The predicted molar refractivity (Wildman–Crippen MR) is 73.8 cm³/mol. The molecule has 1 heterocycles. The van der Waals surface area contributed by atoms with E-state index in [4.69, 9.17) is 9.84 Å². The number of aromatic carboxylic acids is 1. The standard InChI is InChI=1S/C14H12BrNO3/c15-13-4-2-1-3-11(13)8-19-9-12-6-5-10(7-16-12)14(17)18/h1-7H,8-9H2,(H,17,18). The van der Waals surface area contributed by atoms with E-state index in [1.54, 1.807) is 6.07 Å². The Hall–Kier alpha value is -1.72. The van der Waals surface area contributed by atoms with Crippen LogP contribution in [-0.2, 0) is 18.0 Å². The Labute approximate surface area is 119 Å². The molecule has 0 atom stereocenters. The van der Waals surface area contributed by atoms with Crippen LogP contribution < -0.4 is 0 Å². The zero-order valence-electron chi connectivity index (χ0n) is 10.0. The lowest BCUT2D eigenvalue weighted by atomic mass is 10.2. The van der Waals surface area contributed by atoms with Crippen LogP contribution in [0.25, 0.3) is 0 Å². The molecule has 0 unspecified atom stereocenters. The second-order valence-corrected chi connectivity index (χ2v) is 4.78. The van der Waals surface area contributed by atoms with Crippen molar-refractivity contribution in [1.29, 1.82) is 0 Å². The summed E-state index contributed by atoms with van der Waals surface area (Å²) < 4.78 is 6.55. The third-order valence-electron chi connectivity index (χ3n) is 2.54. The van der Waals surface area contributed by atoms with Gasteiger partial charge >= 0.3 is 5.97 Å². The summed E-state index contributed by atoms with van der Waals surface area (Å²) in [4.78, 5) is 14.7. The Morgan fingerprint density at radius 2 is 2.00 bits per heavy atom. The van der Waals surface area contributed by atoms with Crippen LogP contribution in [0.5, 0.6) is 0 Å². The van der Waals surface area contributed by atoms with Crippen molar-refractivity contribution in [3.05, 3.63) is 63.9 Å². The average Bonchev–Trinajstić information content (AvgIpc) is 2.41. The number of pyridine rings is 1. The van der Waals surface area contributed by atoms with Crippen LogP contribution in [0.4, 0.5) is 0 Å². The van der Waals surface area contributed by atoms with E-state index in [1.807, 2.05) is 24.3 Å². The van der Waals surface area contributed by atoms with Gasteiger partial charge in [-0.1, -0.05) is 34.1 Å². The van der Waals surface area contributed by atoms with E-state index in [1.165, 1.54) is 12.3 Å². The van der Waals surface area contributed by atoms with Crippen molar-refractivity contribution in [2.45, 2.75) is 13.2 Å². The van der Waals surface area contributed by atoms with E-state index in [0.717, 1.165) is 10.0 Å². The van der Waals surface area contributed by atoms with E-state index >= 15 is 0 Å². The quantitative estimate of drug-likeness (QED) is 0.918. The summed E-state index contributed by atoms with van der Waals surface area (Å²) in [5.74, 6) is -0.979. The molecule has 0 aliphatic carbocycles. The molecule has 0 bridgehead atoms. The highest BCUT2D eigenvalue weighted by Crippen LogP contribution is 2.17. The number of hydrogen-bond acceptors (Lipinski definition) is 3. The molecule has 2 rings (SSSR count). The maximum Gasteiger partial charge on any atom is 0.337 e. The third kappa shape index (κ3) is 3.87. The Bertz CT molecular complexity index is 569. The number of carbonyl (C=O) groups is 1. The fourth-order valence-electron chi connectivity index (χ4n) is 1.52. The van der Waals surface area contributed by atoms with Gasteiger partial charge in [0.1, 0.15) is 0 Å². The van der Waals surface area contributed by atoms with Gasteiger partial charge < -0.3 is 9.84 Å². The molecule has 1 aromatic heterocycles. The number of nitrogens with zero attached hydrogens (tertiary/aromatic N) is 1. The molecule has 0 aliphatic rings. The first-order chi connectivity index (χ1) is 9.16. The summed E-state index contributed by atoms with van der Waals surface area (Å²) in [5.41, 5.74) is 1.94. The van der Waals surface area contributed by atoms with Crippen LogP contribution in [0, 0.1) is 0 Å². The monoisotopic (exact) mass is 321 g/mol. The molecule has 0 saturated carbocycles. The number of carboxylic acids is 1. The largest absolute Gasteiger partial charge is 0.478 e. The first-order valence-electron chi connectivity index (χ1n) is 5.66. The van der Waals surface area contributed by atoms with Crippen LogP contribution in [-0.4, -0.2) is 16.1 Å². The molecule has 0 spiro atoms. The van der Waals surface area contributed by atoms with Crippen LogP contribution in [0.15, 0.2) is 47.1 Å². The van der Waals surface area contributed by atoms with E-state index in [-0.39, 0.29) is 5.56 Å². The molecule has 98 valence electrons. The summed E-state index contributed by atoms with van der Waals surface area (Å²) in [6, 6.07) is 11.0. The summed E-state index contributed by atoms with van der Waals surface area (Å²) in [5, 5.41) is 8.75. The molecule has 0 amide bonds.